The van der Waals surface area contributed by atoms with Crippen LogP contribution in [-0.2, 0) is 17.8 Å². The van der Waals surface area contributed by atoms with Gasteiger partial charge in [-0.05, 0) is 44.4 Å². The molecular weight excluding hydrogens is 324 g/mol. The number of anilines is 1. The number of piperidine rings is 1. The van der Waals surface area contributed by atoms with Crippen molar-refractivity contribution in [3.63, 3.8) is 0 Å². The zero-order valence-electron chi connectivity index (χ0n) is 13.7. The number of likely N-dealkylation sites (tertiary alicyclic amines) is 1. The van der Waals surface area contributed by atoms with Crippen molar-refractivity contribution in [2.45, 2.75) is 32.2 Å². The summed E-state index contributed by atoms with van der Waals surface area (Å²) in [6, 6.07) is 3.88. The van der Waals surface area contributed by atoms with Crippen molar-refractivity contribution in [2.24, 2.45) is 5.92 Å². The lowest BCUT2D eigenvalue weighted by molar-refractivity contribution is -0.126. The number of rotatable bonds is 7. The number of hydrogen-bond acceptors (Lipinski definition) is 6. The predicted octanol–water partition coefficient (Wildman–Crippen LogP) is 2.28. The summed E-state index contributed by atoms with van der Waals surface area (Å²) in [5.74, 6) is 1.19. The number of aromatic nitrogens is 1. The number of amides is 1. The lowest BCUT2D eigenvalue weighted by atomic mass is 9.97. The summed E-state index contributed by atoms with van der Waals surface area (Å²) in [4.78, 5) is 18.9. The van der Waals surface area contributed by atoms with Crippen LogP contribution in [0.3, 0.4) is 0 Å². The van der Waals surface area contributed by atoms with Crippen molar-refractivity contribution < 1.29 is 9.21 Å². The van der Waals surface area contributed by atoms with Gasteiger partial charge in [-0.2, -0.15) is 0 Å². The SMILES string of the molecule is Nc1nc(CCCNC(=O)[C@@H]2CCCN(Cc3ccco3)C2)cs1. The van der Waals surface area contributed by atoms with E-state index in [2.05, 4.69) is 15.2 Å². The zero-order chi connectivity index (χ0) is 16.8. The van der Waals surface area contributed by atoms with Crippen molar-refractivity contribution in [2.75, 3.05) is 25.4 Å². The van der Waals surface area contributed by atoms with Gasteiger partial charge in [-0.15, -0.1) is 11.3 Å². The van der Waals surface area contributed by atoms with Gasteiger partial charge in [0, 0.05) is 18.5 Å². The fraction of sp³-hybridized carbons (Fsp3) is 0.529. The van der Waals surface area contributed by atoms with Crippen LogP contribution >= 0.6 is 11.3 Å². The Bertz CT molecular complexity index is 641. The molecule has 1 aliphatic rings. The highest BCUT2D eigenvalue weighted by Crippen LogP contribution is 2.19. The van der Waals surface area contributed by atoms with Gasteiger partial charge in [0.05, 0.1) is 24.4 Å². The number of nitrogen functional groups attached to an aromatic ring is 1. The minimum Gasteiger partial charge on any atom is -0.468 e. The van der Waals surface area contributed by atoms with E-state index in [9.17, 15) is 4.79 Å². The number of carbonyl (C=O) groups is 1. The van der Waals surface area contributed by atoms with E-state index in [-0.39, 0.29) is 11.8 Å². The normalized spacial score (nSPS) is 18.6. The maximum atomic E-state index is 12.4. The second kappa shape index (κ2) is 8.30. The molecule has 7 heteroatoms. The van der Waals surface area contributed by atoms with Gasteiger partial charge in [0.1, 0.15) is 5.76 Å². The van der Waals surface area contributed by atoms with Gasteiger partial charge in [-0.1, -0.05) is 0 Å². The van der Waals surface area contributed by atoms with Gasteiger partial charge in [0.25, 0.3) is 0 Å². The molecule has 1 fully saturated rings. The topological polar surface area (TPSA) is 84.4 Å². The largest absolute Gasteiger partial charge is 0.468 e. The summed E-state index contributed by atoms with van der Waals surface area (Å²) in [7, 11) is 0. The van der Waals surface area contributed by atoms with Crippen molar-refractivity contribution in [3.05, 3.63) is 35.2 Å². The number of aryl methyl sites for hydroxylation is 1. The van der Waals surface area contributed by atoms with Crippen LogP contribution < -0.4 is 11.1 Å². The molecule has 1 aliphatic heterocycles. The van der Waals surface area contributed by atoms with Crippen LogP contribution in [-0.4, -0.2) is 35.4 Å². The fourth-order valence-corrected chi connectivity index (χ4v) is 3.70. The summed E-state index contributed by atoms with van der Waals surface area (Å²) in [5.41, 5.74) is 6.62. The molecule has 1 saturated heterocycles. The summed E-state index contributed by atoms with van der Waals surface area (Å²) in [5, 5.41) is 5.65. The highest BCUT2D eigenvalue weighted by atomic mass is 32.1. The molecule has 130 valence electrons. The molecule has 0 radical (unpaired) electrons. The molecule has 24 heavy (non-hydrogen) atoms. The first kappa shape index (κ1) is 17.0. The maximum Gasteiger partial charge on any atom is 0.224 e. The average molecular weight is 348 g/mol. The van der Waals surface area contributed by atoms with Crippen LogP contribution in [0, 0.1) is 5.92 Å². The number of hydrogen-bond donors (Lipinski definition) is 2. The number of nitrogens with one attached hydrogen (secondary N) is 1. The van der Waals surface area contributed by atoms with Gasteiger partial charge >= 0.3 is 0 Å². The number of nitrogens with two attached hydrogens (primary N) is 1. The first-order valence-electron chi connectivity index (χ1n) is 8.43. The second-order valence-corrected chi connectivity index (χ2v) is 7.11. The standard InChI is InChI=1S/C17H24N4O2S/c18-17-20-14(12-24-17)5-1-7-19-16(22)13-4-2-8-21(10-13)11-15-6-3-9-23-15/h3,6,9,12-13H,1-2,4-5,7-8,10-11H2,(H2,18,20)(H,19,22)/t13-/m1/s1. The molecule has 3 heterocycles. The molecule has 0 bridgehead atoms. The van der Waals surface area contributed by atoms with E-state index < -0.39 is 0 Å². The average Bonchev–Trinajstić information content (AvgIpc) is 3.23. The summed E-state index contributed by atoms with van der Waals surface area (Å²) in [6.45, 7) is 3.29. The molecular formula is C17H24N4O2S. The molecule has 0 unspecified atom stereocenters. The van der Waals surface area contributed by atoms with E-state index in [0.29, 0.717) is 11.7 Å². The molecule has 6 nitrogen and oxygen atoms in total. The highest BCUT2D eigenvalue weighted by molar-refractivity contribution is 7.13. The molecule has 3 N–H and O–H groups in total. The summed E-state index contributed by atoms with van der Waals surface area (Å²) >= 11 is 1.46. The Balaban J connectivity index is 1.38. The third kappa shape index (κ3) is 4.82. The second-order valence-electron chi connectivity index (χ2n) is 6.23. The molecule has 2 aromatic heterocycles. The van der Waals surface area contributed by atoms with Crippen LogP contribution in [0.25, 0.3) is 0 Å². The van der Waals surface area contributed by atoms with Crippen LogP contribution in [0.4, 0.5) is 5.13 Å². The van der Waals surface area contributed by atoms with Gasteiger partial charge < -0.3 is 15.5 Å². The van der Waals surface area contributed by atoms with Crippen molar-refractivity contribution in [3.8, 4) is 0 Å². The minimum absolute atomic E-state index is 0.0728. The quantitative estimate of drug-likeness (QED) is 0.750. The number of carbonyl (C=O) groups excluding carboxylic acids is 1. The highest BCUT2D eigenvalue weighted by Gasteiger charge is 2.25. The number of furan rings is 1. The van der Waals surface area contributed by atoms with E-state index in [1.165, 1.54) is 11.3 Å². The molecule has 0 aliphatic carbocycles. The maximum absolute atomic E-state index is 12.4. The minimum atomic E-state index is 0.0728. The van der Waals surface area contributed by atoms with E-state index in [1.54, 1.807) is 6.26 Å². The Morgan fingerprint density at radius 3 is 3.21 bits per heavy atom. The zero-order valence-corrected chi connectivity index (χ0v) is 14.6. The van der Waals surface area contributed by atoms with Crippen LogP contribution in [0.5, 0.6) is 0 Å². The Morgan fingerprint density at radius 2 is 2.46 bits per heavy atom. The van der Waals surface area contributed by atoms with Gasteiger partial charge in [0.2, 0.25) is 5.91 Å². The van der Waals surface area contributed by atoms with Crippen LogP contribution in [0.1, 0.15) is 30.7 Å². The van der Waals surface area contributed by atoms with Crippen LogP contribution in [0.15, 0.2) is 28.2 Å². The number of thiazole rings is 1. The lowest BCUT2D eigenvalue weighted by Gasteiger charge is -2.31. The van der Waals surface area contributed by atoms with E-state index >= 15 is 0 Å². The Kier molecular flexibility index (Phi) is 5.87. The molecule has 0 aromatic carbocycles. The molecule has 1 atom stereocenters. The lowest BCUT2D eigenvalue weighted by Crippen LogP contribution is -2.42. The van der Waals surface area contributed by atoms with E-state index in [4.69, 9.17) is 10.2 Å². The van der Waals surface area contributed by atoms with Crippen molar-refractivity contribution in [1.82, 2.24) is 15.2 Å². The first-order valence-corrected chi connectivity index (χ1v) is 9.31. The predicted molar refractivity (Wildman–Crippen MR) is 94.6 cm³/mol. The van der Waals surface area contributed by atoms with E-state index in [1.807, 2.05) is 17.5 Å². The molecule has 2 aromatic rings. The third-order valence-electron chi connectivity index (χ3n) is 4.31. The molecule has 3 rings (SSSR count). The number of nitrogens with zero attached hydrogens (tertiary/aromatic N) is 2. The van der Waals surface area contributed by atoms with E-state index in [0.717, 1.165) is 56.8 Å². The Hall–Kier alpha value is -1.86. The third-order valence-corrected chi connectivity index (χ3v) is 5.04. The summed E-state index contributed by atoms with van der Waals surface area (Å²) < 4.78 is 5.40. The van der Waals surface area contributed by atoms with Crippen molar-refractivity contribution >= 4 is 22.4 Å². The van der Waals surface area contributed by atoms with Crippen molar-refractivity contribution in [1.29, 1.82) is 0 Å². The monoisotopic (exact) mass is 348 g/mol. The van der Waals surface area contributed by atoms with Gasteiger partial charge in [0.15, 0.2) is 5.13 Å². The molecule has 0 saturated carbocycles. The van der Waals surface area contributed by atoms with Crippen LogP contribution in [0.2, 0.25) is 0 Å². The summed E-state index contributed by atoms with van der Waals surface area (Å²) in [6.07, 6.45) is 5.44. The van der Waals surface area contributed by atoms with Gasteiger partial charge in [-0.3, -0.25) is 9.69 Å². The fourth-order valence-electron chi connectivity index (χ4n) is 3.10. The van der Waals surface area contributed by atoms with Gasteiger partial charge in [-0.25, -0.2) is 4.98 Å². The molecule has 0 spiro atoms. The molecule has 1 amide bonds. The first-order chi connectivity index (χ1) is 11.7. The Labute approximate surface area is 146 Å². The Morgan fingerprint density at radius 1 is 1.54 bits per heavy atom. The smallest absolute Gasteiger partial charge is 0.224 e.